The van der Waals surface area contributed by atoms with E-state index >= 15 is 0 Å². The van der Waals surface area contributed by atoms with E-state index in [0.717, 1.165) is 23.6 Å². The molecule has 0 amide bonds. The van der Waals surface area contributed by atoms with Crippen LogP contribution in [0.3, 0.4) is 0 Å². The van der Waals surface area contributed by atoms with Crippen LogP contribution in [0.1, 0.15) is 5.56 Å². The number of benzene rings is 1. The Bertz CT molecular complexity index is 416. The molecular weight excluding hydrogens is 271 g/mol. The number of nitrogens with two attached hydrogens (primary N) is 1. The maximum Gasteiger partial charge on any atom is 0.142 e. The third kappa shape index (κ3) is 3.38. The van der Waals surface area contributed by atoms with Gasteiger partial charge in [0.15, 0.2) is 0 Å². The summed E-state index contributed by atoms with van der Waals surface area (Å²) in [5.74, 6) is 1.84. The Labute approximate surface area is 117 Å². The van der Waals surface area contributed by atoms with Crippen LogP contribution in [0.2, 0.25) is 5.02 Å². The van der Waals surface area contributed by atoms with Gasteiger partial charge in [-0.05, 0) is 31.2 Å². The summed E-state index contributed by atoms with van der Waals surface area (Å²) in [6.45, 7) is 1.07. The molecule has 2 atom stereocenters. The number of nitrogens with zero attached hydrogens (tertiary/aromatic N) is 1. The highest BCUT2D eigenvalue weighted by atomic mass is 35.5. The lowest BCUT2D eigenvalue weighted by molar-refractivity contribution is 0.235. The predicted molar refractivity (Wildman–Crippen MR) is 76.8 cm³/mol. The van der Waals surface area contributed by atoms with Crippen molar-refractivity contribution in [1.82, 2.24) is 4.90 Å². The van der Waals surface area contributed by atoms with Crippen molar-refractivity contribution in [2.75, 3.05) is 25.1 Å². The van der Waals surface area contributed by atoms with E-state index in [2.05, 4.69) is 11.9 Å². The van der Waals surface area contributed by atoms with Gasteiger partial charge in [-0.25, -0.2) is 4.39 Å². The first-order valence-electron chi connectivity index (χ1n) is 6.05. The van der Waals surface area contributed by atoms with Crippen LogP contribution in [0.25, 0.3) is 0 Å². The molecule has 0 aliphatic carbocycles. The first-order chi connectivity index (χ1) is 8.58. The van der Waals surface area contributed by atoms with Crippen molar-refractivity contribution in [2.45, 2.75) is 18.5 Å². The Hall–Kier alpha value is -0.290. The highest BCUT2D eigenvalue weighted by Crippen LogP contribution is 2.20. The average molecular weight is 289 g/mol. The van der Waals surface area contributed by atoms with Gasteiger partial charge in [0.05, 0.1) is 5.02 Å². The normalized spacial score (nSPS) is 23.0. The molecule has 0 radical (unpaired) electrons. The van der Waals surface area contributed by atoms with Crippen LogP contribution >= 0.6 is 23.4 Å². The van der Waals surface area contributed by atoms with E-state index in [9.17, 15) is 4.39 Å². The van der Waals surface area contributed by atoms with Crippen molar-refractivity contribution in [2.24, 2.45) is 5.73 Å². The van der Waals surface area contributed by atoms with E-state index in [1.807, 2.05) is 17.8 Å². The van der Waals surface area contributed by atoms with Crippen molar-refractivity contribution < 1.29 is 4.39 Å². The van der Waals surface area contributed by atoms with Gasteiger partial charge in [0, 0.05) is 30.1 Å². The van der Waals surface area contributed by atoms with Crippen molar-refractivity contribution in [3.05, 3.63) is 34.6 Å². The van der Waals surface area contributed by atoms with Gasteiger partial charge in [-0.15, -0.1) is 0 Å². The molecule has 1 aromatic carbocycles. The molecule has 0 saturated carbocycles. The second-order valence-electron chi connectivity index (χ2n) is 4.74. The summed E-state index contributed by atoms with van der Waals surface area (Å²) in [5, 5.41) is 0.165. The molecule has 1 heterocycles. The van der Waals surface area contributed by atoms with Gasteiger partial charge in [0.25, 0.3) is 0 Å². The summed E-state index contributed by atoms with van der Waals surface area (Å²) in [6.07, 6.45) is 0.684. The zero-order valence-electron chi connectivity index (χ0n) is 10.4. The van der Waals surface area contributed by atoms with Crippen molar-refractivity contribution >= 4 is 23.4 Å². The maximum atomic E-state index is 13.4. The summed E-state index contributed by atoms with van der Waals surface area (Å²) in [4.78, 5) is 2.30. The van der Waals surface area contributed by atoms with Crippen LogP contribution in [-0.2, 0) is 6.42 Å². The monoisotopic (exact) mass is 288 g/mol. The van der Waals surface area contributed by atoms with E-state index in [1.54, 1.807) is 6.07 Å². The molecule has 1 aliphatic rings. The standard InChI is InChI=1S/C13H18ClFN2S/c1-17-4-5-18-8-13(17)12(16)7-9-2-3-10(14)11(15)6-9/h2-3,6,12-13H,4-5,7-8,16H2,1H3. The molecule has 2 N–H and O–H groups in total. The Kier molecular flexibility index (Phi) is 4.90. The number of halogens is 2. The number of thioether (sulfide) groups is 1. The van der Waals surface area contributed by atoms with Crippen LogP contribution < -0.4 is 5.73 Å². The number of rotatable bonds is 3. The van der Waals surface area contributed by atoms with Gasteiger partial charge in [-0.2, -0.15) is 11.8 Å². The fourth-order valence-electron chi connectivity index (χ4n) is 2.23. The minimum atomic E-state index is -0.368. The summed E-state index contributed by atoms with van der Waals surface area (Å²) < 4.78 is 13.4. The van der Waals surface area contributed by atoms with E-state index in [1.165, 1.54) is 6.07 Å². The minimum absolute atomic E-state index is 0.0309. The second-order valence-corrected chi connectivity index (χ2v) is 6.30. The largest absolute Gasteiger partial charge is 0.326 e. The van der Waals surface area contributed by atoms with Crippen molar-refractivity contribution in [3.8, 4) is 0 Å². The highest BCUT2D eigenvalue weighted by Gasteiger charge is 2.25. The molecule has 0 spiro atoms. The molecule has 2 nitrogen and oxygen atoms in total. The summed E-state index contributed by atoms with van der Waals surface area (Å²) in [5.41, 5.74) is 7.16. The molecule has 2 rings (SSSR count). The first-order valence-corrected chi connectivity index (χ1v) is 7.58. The fourth-order valence-corrected chi connectivity index (χ4v) is 3.68. The van der Waals surface area contributed by atoms with Gasteiger partial charge in [0.2, 0.25) is 0 Å². The molecule has 2 unspecified atom stereocenters. The van der Waals surface area contributed by atoms with Crippen LogP contribution in [0, 0.1) is 5.82 Å². The molecular formula is C13H18ClFN2S. The fraction of sp³-hybridized carbons (Fsp3) is 0.538. The number of hydrogen-bond donors (Lipinski definition) is 1. The third-order valence-electron chi connectivity index (χ3n) is 3.39. The third-order valence-corrected chi connectivity index (χ3v) is 4.75. The Balaban J connectivity index is 2.01. The number of likely N-dealkylation sites (N-methyl/N-ethyl adjacent to an activating group) is 1. The zero-order chi connectivity index (χ0) is 13.1. The van der Waals surface area contributed by atoms with Gasteiger partial charge >= 0.3 is 0 Å². The van der Waals surface area contributed by atoms with Crippen molar-refractivity contribution in [1.29, 1.82) is 0 Å². The summed E-state index contributed by atoms with van der Waals surface area (Å²) in [6, 6.07) is 5.32. The summed E-state index contributed by atoms with van der Waals surface area (Å²) in [7, 11) is 2.10. The second kappa shape index (κ2) is 6.24. The van der Waals surface area contributed by atoms with Gasteiger partial charge in [-0.3, -0.25) is 0 Å². The molecule has 5 heteroatoms. The SMILES string of the molecule is CN1CCSCC1C(N)Cc1ccc(Cl)c(F)c1. The van der Waals surface area contributed by atoms with E-state index < -0.39 is 0 Å². The minimum Gasteiger partial charge on any atom is -0.326 e. The maximum absolute atomic E-state index is 13.4. The molecule has 18 heavy (non-hydrogen) atoms. The van der Waals surface area contributed by atoms with Gasteiger partial charge in [0.1, 0.15) is 5.82 Å². The zero-order valence-corrected chi connectivity index (χ0v) is 12.0. The van der Waals surface area contributed by atoms with E-state index in [4.69, 9.17) is 17.3 Å². The Morgan fingerprint density at radius 1 is 1.61 bits per heavy atom. The molecule has 0 aromatic heterocycles. The molecule has 100 valence electrons. The average Bonchev–Trinajstić information content (AvgIpc) is 2.34. The molecule has 0 bridgehead atoms. The number of hydrogen-bond acceptors (Lipinski definition) is 3. The van der Waals surface area contributed by atoms with E-state index in [0.29, 0.717) is 12.5 Å². The van der Waals surface area contributed by atoms with Gasteiger partial charge < -0.3 is 10.6 Å². The summed E-state index contributed by atoms with van der Waals surface area (Å²) >= 11 is 7.61. The van der Waals surface area contributed by atoms with Crippen LogP contribution in [0.5, 0.6) is 0 Å². The molecule has 1 aliphatic heterocycles. The quantitative estimate of drug-likeness (QED) is 0.926. The molecule has 1 saturated heterocycles. The van der Waals surface area contributed by atoms with Crippen LogP contribution in [0.15, 0.2) is 18.2 Å². The Morgan fingerprint density at radius 3 is 3.06 bits per heavy atom. The highest BCUT2D eigenvalue weighted by molar-refractivity contribution is 7.99. The van der Waals surface area contributed by atoms with Crippen LogP contribution in [0.4, 0.5) is 4.39 Å². The van der Waals surface area contributed by atoms with Gasteiger partial charge in [-0.1, -0.05) is 17.7 Å². The predicted octanol–water partition coefficient (Wildman–Crippen LogP) is 2.40. The lowest BCUT2D eigenvalue weighted by Gasteiger charge is -2.36. The van der Waals surface area contributed by atoms with Crippen LogP contribution in [-0.4, -0.2) is 42.1 Å². The van der Waals surface area contributed by atoms with Crippen molar-refractivity contribution in [3.63, 3.8) is 0 Å². The molecule has 1 fully saturated rings. The molecule has 1 aromatic rings. The lowest BCUT2D eigenvalue weighted by atomic mass is 10.00. The van der Waals surface area contributed by atoms with E-state index in [-0.39, 0.29) is 16.9 Å². The lowest BCUT2D eigenvalue weighted by Crippen LogP contribution is -2.51. The first kappa shape index (κ1) is 14.1. The smallest absolute Gasteiger partial charge is 0.142 e. The Morgan fingerprint density at radius 2 is 2.39 bits per heavy atom. The topological polar surface area (TPSA) is 29.3 Å².